The number of aliphatic carboxylic acids is 1. The fourth-order valence-corrected chi connectivity index (χ4v) is 2.01. The maximum Gasteiger partial charge on any atom is 0.433 e. The van der Waals surface area contributed by atoms with Gasteiger partial charge in [0, 0.05) is 13.0 Å². The Morgan fingerprint density at radius 1 is 1.58 bits per heavy atom. The van der Waals surface area contributed by atoms with E-state index in [-0.39, 0.29) is 31.2 Å². The van der Waals surface area contributed by atoms with Crippen LogP contribution < -0.4 is 0 Å². The number of carbonyl (C=O) groups is 2. The minimum atomic E-state index is -0.942. The van der Waals surface area contributed by atoms with Crippen LogP contribution in [0.2, 0.25) is 0 Å². The number of rotatable bonds is 4. The highest BCUT2D eigenvalue weighted by Gasteiger charge is 2.30. The summed E-state index contributed by atoms with van der Waals surface area (Å²) < 4.78 is 4.95. The Balaban J connectivity index is 2.05. The van der Waals surface area contributed by atoms with Crippen LogP contribution in [0.3, 0.4) is 0 Å². The number of carboxylic acids is 1. The molecule has 8 nitrogen and oxygen atoms in total. The predicted octanol–water partition coefficient (Wildman–Crippen LogP) is 1.01. The van der Waals surface area contributed by atoms with Crippen molar-refractivity contribution in [3.05, 3.63) is 28.0 Å². The van der Waals surface area contributed by atoms with E-state index in [0.717, 1.165) is 0 Å². The third-order valence-electron chi connectivity index (χ3n) is 3.02. The normalized spacial score (nSPS) is 19.5. The standard InChI is InChI=1S/C11H12N2O6/c14-9-3-1-7(11(15)16)5-12(9)6-8-2-4-10(19-8)13(17)18/h2,4,7H,1,3,5-6H2,(H,15,16). The average Bonchev–Trinajstić information content (AvgIpc) is 2.80. The lowest BCUT2D eigenvalue weighted by atomic mass is 9.98. The van der Waals surface area contributed by atoms with E-state index < -0.39 is 22.7 Å². The summed E-state index contributed by atoms with van der Waals surface area (Å²) >= 11 is 0. The fraction of sp³-hybridized carbons (Fsp3) is 0.455. The summed E-state index contributed by atoms with van der Waals surface area (Å²) in [5, 5.41) is 19.4. The molecule has 8 heteroatoms. The van der Waals surface area contributed by atoms with Crippen LogP contribution in [0.1, 0.15) is 18.6 Å². The summed E-state index contributed by atoms with van der Waals surface area (Å²) in [7, 11) is 0. The summed E-state index contributed by atoms with van der Waals surface area (Å²) in [5.74, 6) is -1.83. The van der Waals surface area contributed by atoms with Gasteiger partial charge in [0.25, 0.3) is 0 Å². The highest BCUT2D eigenvalue weighted by atomic mass is 16.6. The van der Waals surface area contributed by atoms with Gasteiger partial charge in [0.15, 0.2) is 0 Å². The van der Waals surface area contributed by atoms with Crippen molar-refractivity contribution in [3.8, 4) is 0 Å². The molecule has 19 heavy (non-hydrogen) atoms. The maximum absolute atomic E-state index is 11.7. The number of hydrogen-bond donors (Lipinski definition) is 1. The van der Waals surface area contributed by atoms with Gasteiger partial charge < -0.3 is 14.4 Å². The van der Waals surface area contributed by atoms with E-state index in [0.29, 0.717) is 6.42 Å². The first-order valence-corrected chi connectivity index (χ1v) is 5.71. The van der Waals surface area contributed by atoms with Gasteiger partial charge in [0.2, 0.25) is 5.91 Å². The van der Waals surface area contributed by atoms with Gasteiger partial charge in [0.1, 0.15) is 10.7 Å². The van der Waals surface area contributed by atoms with Crippen LogP contribution in [0.5, 0.6) is 0 Å². The van der Waals surface area contributed by atoms with Crippen molar-refractivity contribution in [2.24, 2.45) is 5.92 Å². The Morgan fingerprint density at radius 2 is 2.32 bits per heavy atom. The molecule has 0 spiro atoms. The SMILES string of the molecule is O=C(O)C1CCC(=O)N(Cc2ccc([N+](=O)[O-])o2)C1. The van der Waals surface area contributed by atoms with Crippen molar-refractivity contribution in [2.75, 3.05) is 6.54 Å². The third kappa shape index (κ3) is 2.90. The monoisotopic (exact) mass is 268 g/mol. The maximum atomic E-state index is 11.7. The molecule has 0 radical (unpaired) electrons. The molecule has 1 atom stereocenters. The molecule has 2 rings (SSSR count). The molecule has 2 heterocycles. The van der Waals surface area contributed by atoms with E-state index >= 15 is 0 Å². The van der Waals surface area contributed by atoms with Crippen LogP contribution in [0.25, 0.3) is 0 Å². The summed E-state index contributed by atoms with van der Waals surface area (Å²) in [5.41, 5.74) is 0. The second-order valence-electron chi connectivity index (χ2n) is 4.35. The lowest BCUT2D eigenvalue weighted by molar-refractivity contribution is -0.402. The molecule has 1 amide bonds. The number of nitrogens with zero attached hydrogens (tertiary/aromatic N) is 2. The summed E-state index contributed by atoms with van der Waals surface area (Å²) in [6.07, 6.45) is 0.489. The minimum absolute atomic E-state index is 0.0520. The van der Waals surface area contributed by atoms with Crippen LogP contribution >= 0.6 is 0 Å². The zero-order valence-electron chi connectivity index (χ0n) is 9.94. The molecular weight excluding hydrogens is 256 g/mol. The molecule has 1 aromatic heterocycles. The molecule has 0 bridgehead atoms. The second kappa shape index (κ2) is 5.09. The van der Waals surface area contributed by atoms with Gasteiger partial charge in [0.05, 0.1) is 18.5 Å². The molecule has 1 N–H and O–H groups in total. The van der Waals surface area contributed by atoms with E-state index in [2.05, 4.69) is 0 Å². The highest BCUT2D eigenvalue weighted by molar-refractivity contribution is 5.80. The second-order valence-corrected chi connectivity index (χ2v) is 4.35. The number of hydrogen-bond acceptors (Lipinski definition) is 5. The first-order chi connectivity index (χ1) is 8.97. The van der Waals surface area contributed by atoms with Crippen molar-refractivity contribution >= 4 is 17.8 Å². The van der Waals surface area contributed by atoms with Gasteiger partial charge in [-0.1, -0.05) is 0 Å². The number of furan rings is 1. The number of likely N-dealkylation sites (tertiary alicyclic amines) is 1. The first kappa shape index (κ1) is 13.1. The quantitative estimate of drug-likeness (QED) is 0.643. The van der Waals surface area contributed by atoms with Crippen LogP contribution in [-0.2, 0) is 16.1 Å². The molecule has 1 aliphatic heterocycles. The van der Waals surface area contributed by atoms with Gasteiger partial charge >= 0.3 is 11.9 Å². The van der Waals surface area contributed by atoms with Crippen LogP contribution in [0.4, 0.5) is 5.88 Å². The Hall–Kier alpha value is -2.38. The molecule has 1 saturated heterocycles. The van der Waals surface area contributed by atoms with Gasteiger partial charge in [-0.15, -0.1) is 0 Å². The lowest BCUT2D eigenvalue weighted by Crippen LogP contribution is -2.41. The average molecular weight is 268 g/mol. The zero-order chi connectivity index (χ0) is 14.0. The molecule has 0 aromatic carbocycles. The Morgan fingerprint density at radius 3 is 2.89 bits per heavy atom. The van der Waals surface area contributed by atoms with Crippen LogP contribution in [0.15, 0.2) is 16.5 Å². The molecule has 1 fully saturated rings. The largest absolute Gasteiger partial charge is 0.481 e. The summed E-state index contributed by atoms with van der Waals surface area (Å²) in [4.78, 5) is 33.7. The molecule has 0 saturated carbocycles. The molecule has 1 aliphatic rings. The molecule has 1 unspecified atom stereocenters. The van der Waals surface area contributed by atoms with Crippen molar-refractivity contribution in [1.82, 2.24) is 4.90 Å². The lowest BCUT2D eigenvalue weighted by Gasteiger charge is -2.29. The number of carboxylic acid groups (broad SMARTS) is 1. The first-order valence-electron chi connectivity index (χ1n) is 5.71. The van der Waals surface area contributed by atoms with Crippen molar-refractivity contribution < 1.29 is 24.0 Å². The highest BCUT2D eigenvalue weighted by Crippen LogP contribution is 2.22. The Labute approximate surface area is 107 Å². The van der Waals surface area contributed by atoms with Crippen LogP contribution in [-0.4, -0.2) is 33.4 Å². The third-order valence-corrected chi connectivity index (χ3v) is 3.02. The predicted molar refractivity (Wildman–Crippen MR) is 61.1 cm³/mol. The van der Waals surface area contributed by atoms with E-state index in [1.165, 1.54) is 17.0 Å². The van der Waals surface area contributed by atoms with Crippen LogP contribution in [0, 0.1) is 16.0 Å². The number of nitro groups is 1. The summed E-state index contributed by atoms with van der Waals surface area (Å²) in [6, 6.07) is 2.62. The van der Waals surface area contributed by atoms with Crippen molar-refractivity contribution in [3.63, 3.8) is 0 Å². The van der Waals surface area contributed by atoms with Gasteiger partial charge in [-0.3, -0.25) is 19.7 Å². The topological polar surface area (TPSA) is 114 Å². The van der Waals surface area contributed by atoms with Gasteiger partial charge in [-0.05, 0) is 12.5 Å². The number of piperidine rings is 1. The van der Waals surface area contributed by atoms with E-state index in [9.17, 15) is 19.7 Å². The van der Waals surface area contributed by atoms with Crippen molar-refractivity contribution in [1.29, 1.82) is 0 Å². The zero-order valence-corrected chi connectivity index (χ0v) is 9.94. The molecule has 1 aromatic rings. The minimum Gasteiger partial charge on any atom is -0.481 e. The van der Waals surface area contributed by atoms with Gasteiger partial charge in [-0.2, -0.15) is 0 Å². The van der Waals surface area contributed by atoms with E-state index in [1.807, 2.05) is 0 Å². The Bertz CT molecular complexity index is 523. The summed E-state index contributed by atoms with van der Waals surface area (Å²) in [6.45, 7) is 0.152. The smallest absolute Gasteiger partial charge is 0.433 e. The Kier molecular flexibility index (Phi) is 3.50. The fourth-order valence-electron chi connectivity index (χ4n) is 2.01. The molecule has 102 valence electrons. The van der Waals surface area contributed by atoms with Crippen molar-refractivity contribution in [2.45, 2.75) is 19.4 Å². The van der Waals surface area contributed by atoms with Gasteiger partial charge in [-0.25, -0.2) is 0 Å². The molecule has 0 aliphatic carbocycles. The number of amides is 1. The van der Waals surface area contributed by atoms with E-state index in [4.69, 9.17) is 9.52 Å². The van der Waals surface area contributed by atoms with E-state index in [1.54, 1.807) is 0 Å². The number of carbonyl (C=O) groups excluding carboxylic acids is 1. The molecular formula is C11H12N2O6.